The molecular weight excluding hydrogens is 377 g/mol. The summed E-state index contributed by atoms with van der Waals surface area (Å²) in [4.78, 5) is 9.42. The van der Waals surface area contributed by atoms with Crippen LogP contribution in [0.5, 0.6) is 0 Å². The van der Waals surface area contributed by atoms with Crippen LogP contribution in [-0.4, -0.2) is 30.2 Å². The lowest BCUT2D eigenvalue weighted by Crippen LogP contribution is -2.12. The average molecular weight is 397 g/mol. The third-order valence-corrected chi connectivity index (χ3v) is 4.14. The molecule has 0 saturated heterocycles. The Bertz CT molecular complexity index is 590. The van der Waals surface area contributed by atoms with Gasteiger partial charge in [0.1, 0.15) is 11.6 Å². The van der Waals surface area contributed by atoms with Gasteiger partial charge < -0.3 is 10.1 Å². The summed E-state index contributed by atoms with van der Waals surface area (Å²) < 4.78 is 6.28. The summed E-state index contributed by atoms with van der Waals surface area (Å²) in [5, 5.41) is 3.32. The minimum Gasteiger partial charge on any atom is -0.384 e. The Morgan fingerprint density at radius 1 is 1.24 bits per heavy atom. The SMILES string of the molecule is CCNc1nc(C(C)COC)nc(-c2ccccc2)c1I. The molecule has 2 aromatic rings. The summed E-state index contributed by atoms with van der Waals surface area (Å²) in [5.74, 6) is 1.86. The predicted molar refractivity (Wildman–Crippen MR) is 94.6 cm³/mol. The van der Waals surface area contributed by atoms with Crippen LogP contribution in [-0.2, 0) is 4.74 Å². The molecule has 0 aliphatic rings. The minimum atomic E-state index is 0.159. The van der Waals surface area contributed by atoms with E-state index in [1.54, 1.807) is 7.11 Å². The van der Waals surface area contributed by atoms with Crippen LogP contribution >= 0.6 is 22.6 Å². The molecule has 1 atom stereocenters. The van der Waals surface area contributed by atoms with E-state index in [1.165, 1.54) is 0 Å². The highest BCUT2D eigenvalue weighted by Crippen LogP contribution is 2.29. The molecule has 0 aliphatic heterocycles. The molecule has 2 rings (SSSR count). The molecule has 0 amide bonds. The van der Waals surface area contributed by atoms with Gasteiger partial charge in [-0.3, -0.25) is 0 Å². The van der Waals surface area contributed by atoms with Crippen molar-refractivity contribution in [2.45, 2.75) is 19.8 Å². The van der Waals surface area contributed by atoms with Gasteiger partial charge in [-0.1, -0.05) is 37.3 Å². The zero-order valence-electron chi connectivity index (χ0n) is 12.6. The summed E-state index contributed by atoms with van der Waals surface area (Å²) in [5.41, 5.74) is 2.08. The molecule has 112 valence electrons. The lowest BCUT2D eigenvalue weighted by atomic mass is 10.1. The lowest BCUT2D eigenvalue weighted by Gasteiger charge is -2.15. The Labute approximate surface area is 139 Å². The zero-order valence-corrected chi connectivity index (χ0v) is 14.7. The first-order valence-electron chi connectivity index (χ1n) is 7.03. The first kappa shape index (κ1) is 16.2. The summed E-state index contributed by atoms with van der Waals surface area (Å²) >= 11 is 2.31. The molecule has 4 nitrogen and oxygen atoms in total. The second-order valence-electron chi connectivity index (χ2n) is 4.85. The molecule has 1 N–H and O–H groups in total. The fourth-order valence-corrected chi connectivity index (χ4v) is 2.82. The highest BCUT2D eigenvalue weighted by Gasteiger charge is 2.17. The Morgan fingerprint density at radius 2 is 1.95 bits per heavy atom. The molecule has 0 fully saturated rings. The summed E-state index contributed by atoms with van der Waals surface area (Å²) in [6.07, 6.45) is 0. The normalized spacial score (nSPS) is 12.2. The van der Waals surface area contributed by atoms with Gasteiger partial charge in [0.05, 0.1) is 15.9 Å². The van der Waals surface area contributed by atoms with Crippen LogP contribution in [0, 0.1) is 3.57 Å². The first-order chi connectivity index (χ1) is 10.2. The van der Waals surface area contributed by atoms with Crippen LogP contribution in [0.15, 0.2) is 30.3 Å². The number of aromatic nitrogens is 2. The van der Waals surface area contributed by atoms with Crippen molar-refractivity contribution in [3.63, 3.8) is 0 Å². The summed E-state index contributed by atoms with van der Waals surface area (Å²) in [7, 11) is 1.70. The number of rotatable bonds is 6. The number of hydrogen-bond donors (Lipinski definition) is 1. The van der Waals surface area contributed by atoms with Gasteiger partial charge in [-0.25, -0.2) is 9.97 Å². The maximum absolute atomic E-state index is 5.23. The number of hydrogen-bond acceptors (Lipinski definition) is 4. The highest BCUT2D eigenvalue weighted by molar-refractivity contribution is 14.1. The molecule has 5 heteroatoms. The molecule has 0 aliphatic carbocycles. The van der Waals surface area contributed by atoms with Gasteiger partial charge in [0.25, 0.3) is 0 Å². The van der Waals surface area contributed by atoms with Crippen molar-refractivity contribution in [3.05, 3.63) is 39.7 Å². The van der Waals surface area contributed by atoms with Crippen LogP contribution in [0.1, 0.15) is 25.6 Å². The minimum absolute atomic E-state index is 0.159. The van der Waals surface area contributed by atoms with E-state index in [-0.39, 0.29) is 5.92 Å². The third kappa shape index (κ3) is 3.91. The van der Waals surface area contributed by atoms with E-state index in [2.05, 4.69) is 58.9 Å². The van der Waals surface area contributed by atoms with E-state index in [9.17, 15) is 0 Å². The van der Waals surface area contributed by atoms with E-state index < -0.39 is 0 Å². The highest BCUT2D eigenvalue weighted by atomic mass is 127. The largest absolute Gasteiger partial charge is 0.384 e. The Hall–Kier alpha value is -1.21. The van der Waals surface area contributed by atoms with Gasteiger partial charge >= 0.3 is 0 Å². The molecule has 21 heavy (non-hydrogen) atoms. The molecule has 1 aromatic heterocycles. The van der Waals surface area contributed by atoms with Crippen LogP contribution in [0.2, 0.25) is 0 Å². The van der Waals surface area contributed by atoms with E-state index in [4.69, 9.17) is 9.72 Å². The lowest BCUT2D eigenvalue weighted by molar-refractivity contribution is 0.181. The van der Waals surface area contributed by atoms with Crippen molar-refractivity contribution in [1.82, 2.24) is 9.97 Å². The monoisotopic (exact) mass is 397 g/mol. The Kier molecular flexibility index (Phi) is 5.93. The number of halogens is 1. The molecule has 0 spiro atoms. The molecule has 0 bridgehead atoms. The van der Waals surface area contributed by atoms with Gasteiger partial charge in [0.2, 0.25) is 0 Å². The molecule has 1 heterocycles. The Morgan fingerprint density at radius 3 is 2.57 bits per heavy atom. The van der Waals surface area contributed by atoms with Crippen molar-refractivity contribution < 1.29 is 4.74 Å². The quantitative estimate of drug-likeness (QED) is 0.751. The third-order valence-electron chi connectivity index (χ3n) is 3.12. The van der Waals surface area contributed by atoms with Crippen molar-refractivity contribution in [2.24, 2.45) is 0 Å². The standard InChI is InChI=1S/C16H20IN3O/c1-4-18-16-13(17)14(12-8-6-5-7-9-12)19-15(20-16)11(2)10-21-3/h5-9,11H,4,10H2,1-3H3,(H,18,19,20). The smallest absolute Gasteiger partial charge is 0.143 e. The van der Waals surface area contributed by atoms with Gasteiger partial charge in [0.15, 0.2) is 0 Å². The molecule has 0 saturated carbocycles. The van der Waals surface area contributed by atoms with E-state index in [1.807, 2.05) is 18.2 Å². The number of methoxy groups -OCH3 is 1. The van der Waals surface area contributed by atoms with Gasteiger partial charge in [0, 0.05) is 25.1 Å². The molecule has 1 aromatic carbocycles. The number of anilines is 1. The van der Waals surface area contributed by atoms with Crippen LogP contribution < -0.4 is 5.32 Å². The number of ether oxygens (including phenoxy) is 1. The van der Waals surface area contributed by atoms with Crippen LogP contribution in [0.25, 0.3) is 11.3 Å². The van der Waals surface area contributed by atoms with Gasteiger partial charge in [-0.05, 0) is 29.5 Å². The van der Waals surface area contributed by atoms with E-state index in [0.717, 1.165) is 33.0 Å². The fraction of sp³-hybridized carbons (Fsp3) is 0.375. The zero-order chi connectivity index (χ0) is 15.2. The topological polar surface area (TPSA) is 47.0 Å². The second-order valence-corrected chi connectivity index (χ2v) is 5.92. The van der Waals surface area contributed by atoms with Crippen LogP contribution in [0.4, 0.5) is 5.82 Å². The maximum Gasteiger partial charge on any atom is 0.143 e. The van der Waals surface area contributed by atoms with Gasteiger partial charge in [-0.2, -0.15) is 0 Å². The fourth-order valence-electron chi connectivity index (χ4n) is 2.08. The Balaban J connectivity index is 2.52. The molecule has 1 unspecified atom stereocenters. The number of benzene rings is 1. The van der Waals surface area contributed by atoms with Crippen molar-refractivity contribution in [1.29, 1.82) is 0 Å². The van der Waals surface area contributed by atoms with Gasteiger partial charge in [-0.15, -0.1) is 0 Å². The number of nitrogens with zero attached hydrogens (tertiary/aromatic N) is 2. The van der Waals surface area contributed by atoms with E-state index >= 15 is 0 Å². The average Bonchev–Trinajstić information content (AvgIpc) is 2.50. The van der Waals surface area contributed by atoms with Crippen molar-refractivity contribution >= 4 is 28.4 Å². The summed E-state index contributed by atoms with van der Waals surface area (Å²) in [6, 6.07) is 10.2. The maximum atomic E-state index is 5.23. The number of nitrogens with one attached hydrogen (secondary N) is 1. The molecule has 0 radical (unpaired) electrons. The van der Waals surface area contributed by atoms with Crippen molar-refractivity contribution in [2.75, 3.05) is 25.6 Å². The summed E-state index contributed by atoms with van der Waals surface area (Å²) in [6.45, 7) is 5.59. The second kappa shape index (κ2) is 7.70. The van der Waals surface area contributed by atoms with Crippen molar-refractivity contribution in [3.8, 4) is 11.3 Å². The first-order valence-corrected chi connectivity index (χ1v) is 8.10. The predicted octanol–water partition coefficient (Wildman–Crippen LogP) is 3.93. The molecular formula is C16H20IN3O. The van der Waals surface area contributed by atoms with Crippen LogP contribution in [0.3, 0.4) is 0 Å². The van der Waals surface area contributed by atoms with E-state index in [0.29, 0.717) is 6.61 Å².